The van der Waals surface area contributed by atoms with Crippen molar-refractivity contribution >= 4 is 11.9 Å². The summed E-state index contributed by atoms with van der Waals surface area (Å²) in [5.41, 5.74) is -1.60. The standard InChI is InChI=1S/C17H18F3N3O4/c1-3-27-16(25)13-10-22-23(14(13)17(18,19)20)12-6-4-11(5-7-12)15(24)21-8-9-26-2/h4-7,10H,3,8-9H2,1-2H3,(H,21,24). The molecule has 0 aliphatic rings. The first-order valence-corrected chi connectivity index (χ1v) is 7.99. The first-order chi connectivity index (χ1) is 12.8. The van der Waals surface area contributed by atoms with E-state index in [4.69, 9.17) is 4.74 Å². The van der Waals surface area contributed by atoms with Crippen LogP contribution in [-0.4, -0.2) is 48.5 Å². The Balaban J connectivity index is 2.33. The Morgan fingerprint density at radius 3 is 2.44 bits per heavy atom. The highest BCUT2D eigenvalue weighted by atomic mass is 19.4. The van der Waals surface area contributed by atoms with Crippen LogP contribution >= 0.6 is 0 Å². The van der Waals surface area contributed by atoms with E-state index in [0.29, 0.717) is 17.8 Å². The lowest BCUT2D eigenvalue weighted by Gasteiger charge is -2.13. The molecule has 27 heavy (non-hydrogen) atoms. The van der Waals surface area contributed by atoms with Gasteiger partial charge in [0.05, 0.1) is 25.1 Å². The lowest BCUT2D eigenvalue weighted by molar-refractivity contribution is -0.143. The monoisotopic (exact) mass is 385 g/mol. The predicted octanol–water partition coefficient (Wildman–Crippen LogP) is 2.44. The minimum atomic E-state index is -4.82. The summed E-state index contributed by atoms with van der Waals surface area (Å²) in [5, 5.41) is 6.27. The number of amides is 1. The molecule has 1 aromatic heterocycles. The number of ether oxygens (including phenoxy) is 2. The van der Waals surface area contributed by atoms with Crippen LogP contribution in [0, 0.1) is 0 Å². The molecular formula is C17H18F3N3O4. The maximum Gasteiger partial charge on any atom is 0.434 e. The van der Waals surface area contributed by atoms with Crippen molar-refractivity contribution in [3.63, 3.8) is 0 Å². The topological polar surface area (TPSA) is 82.5 Å². The molecule has 0 aliphatic carbocycles. The quantitative estimate of drug-likeness (QED) is 0.585. The normalized spacial score (nSPS) is 11.3. The fourth-order valence-electron chi connectivity index (χ4n) is 2.30. The fraction of sp³-hybridized carbons (Fsp3) is 0.353. The Hall–Kier alpha value is -2.88. The van der Waals surface area contributed by atoms with Crippen molar-refractivity contribution in [3.05, 3.63) is 47.3 Å². The van der Waals surface area contributed by atoms with E-state index in [1.165, 1.54) is 38.3 Å². The zero-order valence-corrected chi connectivity index (χ0v) is 14.7. The van der Waals surface area contributed by atoms with E-state index in [2.05, 4.69) is 15.2 Å². The third-order valence-electron chi connectivity index (χ3n) is 3.50. The highest BCUT2D eigenvalue weighted by Gasteiger charge is 2.41. The molecule has 7 nitrogen and oxygen atoms in total. The lowest BCUT2D eigenvalue weighted by atomic mass is 10.2. The number of methoxy groups -OCH3 is 1. The molecule has 1 aromatic carbocycles. The number of hydrogen-bond donors (Lipinski definition) is 1. The zero-order valence-electron chi connectivity index (χ0n) is 14.7. The Labute approximate surface area is 153 Å². The molecule has 0 radical (unpaired) electrons. The van der Waals surface area contributed by atoms with E-state index in [-0.39, 0.29) is 23.8 Å². The van der Waals surface area contributed by atoms with Crippen molar-refractivity contribution in [1.82, 2.24) is 15.1 Å². The smallest absolute Gasteiger partial charge is 0.434 e. The molecule has 0 unspecified atom stereocenters. The molecule has 0 atom stereocenters. The van der Waals surface area contributed by atoms with E-state index in [1.54, 1.807) is 0 Å². The second kappa shape index (κ2) is 8.67. The Morgan fingerprint density at radius 2 is 1.89 bits per heavy atom. The highest BCUT2D eigenvalue weighted by Crippen LogP contribution is 2.34. The minimum absolute atomic E-state index is 0.0475. The van der Waals surface area contributed by atoms with Crippen LogP contribution < -0.4 is 5.32 Å². The average molecular weight is 385 g/mol. The van der Waals surface area contributed by atoms with Gasteiger partial charge in [0.15, 0.2) is 5.69 Å². The number of carbonyl (C=O) groups is 2. The van der Waals surface area contributed by atoms with E-state index < -0.39 is 23.4 Å². The van der Waals surface area contributed by atoms with Crippen LogP contribution in [0.15, 0.2) is 30.5 Å². The Kier molecular flexibility index (Phi) is 6.56. The SMILES string of the molecule is CCOC(=O)c1cnn(-c2ccc(C(=O)NCCOC)cc2)c1C(F)(F)F. The van der Waals surface area contributed by atoms with Gasteiger partial charge in [-0.3, -0.25) is 4.79 Å². The molecule has 0 aliphatic heterocycles. The van der Waals surface area contributed by atoms with Gasteiger partial charge in [0.25, 0.3) is 5.91 Å². The van der Waals surface area contributed by atoms with Crippen LogP contribution in [-0.2, 0) is 15.7 Å². The number of nitrogens with zero attached hydrogens (tertiary/aromatic N) is 2. The lowest BCUT2D eigenvalue weighted by Crippen LogP contribution is -2.26. The molecule has 0 bridgehead atoms. The largest absolute Gasteiger partial charge is 0.462 e. The molecule has 1 N–H and O–H groups in total. The van der Waals surface area contributed by atoms with Crippen LogP contribution in [0.1, 0.15) is 33.3 Å². The number of carbonyl (C=O) groups excluding carboxylic acids is 2. The summed E-state index contributed by atoms with van der Waals surface area (Å²) in [5.74, 6) is -1.49. The van der Waals surface area contributed by atoms with Crippen LogP contribution in [0.2, 0.25) is 0 Å². The predicted molar refractivity (Wildman–Crippen MR) is 88.7 cm³/mol. The van der Waals surface area contributed by atoms with Gasteiger partial charge in [-0.25, -0.2) is 9.48 Å². The zero-order chi connectivity index (χ0) is 20.0. The molecule has 2 aromatic rings. The second-order valence-electron chi connectivity index (χ2n) is 5.33. The summed E-state index contributed by atoms with van der Waals surface area (Å²) >= 11 is 0. The van der Waals surface area contributed by atoms with Gasteiger partial charge in [-0.1, -0.05) is 0 Å². The summed E-state index contributed by atoms with van der Waals surface area (Å²) in [6.07, 6.45) is -4.01. The first kappa shape index (κ1) is 20.4. The van der Waals surface area contributed by atoms with Crippen molar-refractivity contribution < 1.29 is 32.2 Å². The van der Waals surface area contributed by atoms with Crippen molar-refractivity contribution in [2.45, 2.75) is 13.1 Å². The van der Waals surface area contributed by atoms with Crippen molar-refractivity contribution in [3.8, 4) is 5.69 Å². The van der Waals surface area contributed by atoms with Gasteiger partial charge in [-0.2, -0.15) is 18.3 Å². The summed E-state index contributed by atoms with van der Waals surface area (Å²) < 4.78 is 50.5. The summed E-state index contributed by atoms with van der Waals surface area (Å²) in [4.78, 5) is 23.7. The molecule has 1 amide bonds. The molecular weight excluding hydrogens is 367 g/mol. The van der Waals surface area contributed by atoms with Gasteiger partial charge < -0.3 is 14.8 Å². The van der Waals surface area contributed by atoms with Gasteiger partial charge in [0.2, 0.25) is 0 Å². The second-order valence-corrected chi connectivity index (χ2v) is 5.33. The van der Waals surface area contributed by atoms with E-state index in [1.807, 2.05) is 0 Å². The maximum atomic E-state index is 13.5. The highest BCUT2D eigenvalue weighted by molar-refractivity contribution is 5.94. The van der Waals surface area contributed by atoms with E-state index in [0.717, 1.165) is 6.20 Å². The molecule has 0 saturated heterocycles. The summed E-state index contributed by atoms with van der Waals surface area (Å²) in [6, 6.07) is 5.34. The number of alkyl halides is 3. The average Bonchev–Trinajstić information content (AvgIpc) is 3.08. The van der Waals surface area contributed by atoms with E-state index in [9.17, 15) is 22.8 Å². The number of aromatic nitrogens is 2. The van der Waals surface area contributed by atoms with Gasteiger partial charge in [-0.05, 0) is 31.2 Å². The summed E-state index contributed by atoms with van der Waals surface area (Å²) in [6.45, 7) is 2.07. The number of hydrogen-bond acceptors (Lipinski definition) is 5. The molecule has 0 spiro atoms. The molecule has 1 heterocycles. The Bertz CT molecular complexity index is 801. The first-order valence-electron chi connectivity index (χ1n) is 7.99. The number of rotatable bonds is 7. The van der Waals surface area contributed by atoms with Crippen LogP contribution in [0.3, 0.4) is 0 Å². The van der Waals surface area contributed by atoms with Crippen molar-refractivity contribution in [2.75, 3.05) is 26.9 Å². The molecule has 2 rings (SSSR count). The maximum absolute atomic E-state index is 13.5. The minimum Gasteiger partial charge on any atom is -0.462 e. The third-order valence-corrected chi connectivity index (χ3v) is 3.50. The van der Waals surface area contributed by atoms with Crippen LogP contribution in [0.5, 0.6) is 0 Å². The molecule has 0 saturated carbocycles. The fourth-order valence-corrected chi connectivity index (χ4v) is 2.30. The van der Waals surface area contributed by atoms with Gasteiger partial charge >= 0.3 is 12.1 Å². The third kappa shape index (κ3) is 4.85. The van der Waals surface area contributed by atoms with Crippen molar-refractivity contribution in [1.29, 1.82) is 0 Å². The van der Waals surface area contributed by atoms with Crippen molar-refractivity contribution in [2.24, 2.45) is 0 Å². The van der Waals surface area contributed by atoms with E-state index >= 15 is 0 Å². The number of benzene rings is 1. The van der Waals surface area contributed by atoms with Crippen LogP contribution in [0.4, 0.5) is 13.2 Å². The van der Waals surface area contributed by atoms with Gasteiger partial charge in [-0.15, -0.1) is 0 Å². The van der Waals surface area contributed by atoms with Gasteiger partial charge in [0, 0.05) is 19.2 Å². The number of nitrogens with one attached hydrogen (secondary N) is 1. The van der Waals surface area contributed by atoms with Crippen LogP contribution in [0.25, 0.3) is 5.69 Å². The molecule has 0 fully saturated rings. The summed E-state index contributed by atoms with van der Waals surface area (Å²) in [7, 11) is 1.49. The molecule has 10 heteroatoms. The Morgan fingerprint density at radius 1 is 1.22 bits per heavy atom. The number of halogens is 3. The van der Waals surface area contributed by atoms with Gasteiger partial charge in [0.1, 0.15) is 5.56 Å². The molecule has 146 valence electrons. The number of esters is 1.